The summed E-state index contributed by atoms with van der Waals surface area (Å²) in [6.07, 6.45) is 3.41. The number of carbonyl (C=O) groups is 2. The van der Waals surface area contributed by atoms with E-state index in [0.29, 0.717) is 5.75 Å². The zero-order chi connectivity index (χ0) is 21.4. The Morgan fingerprint density at radius 2 is 1.93 bits per heavy atom. The van der Waals surface area contributed by atoms with Crippen molar-refractivity contribution in [3.05, 3.63) is 47.8 Å². The fraction of sp³-hybridized carbons (Fsp3) is 0.261. The predicted octanol–water partition coefficient (Wildman–Crippen LogP) is 3.67. The number of nitrogens with one attached hydrogen (secondary N) is 1. The molecule has 0 amide bonds. The van der Waals surface area contributed by atoms with Crippen molar-refractivity contribution < 1.29 is 19.1 Å². The minimum atomic E-state index is -1.04. The normalized spacial score (nSPS) is 12.4. The number of ether oxygens (including phenoxy) is 2. The second kappa shape index (κ2) is 7.76. The van der Waals surface area contributed by atoms with Crippen LogP contribution in [-0.2, 0) is 14.3 Å². The molecule has 7 nitrogen and oxygen atoms in total. The predicted molar refractivity (Wildman–Crippen MR) is 115 cm³/mol. The van der Waals surface area contributed by atoms with Crippen molar-refractivity contribution in [2.45, 2.75) is 33.2 Å². The molecular weight excluding hydrogens is 382 g/mol. The van der Waals surface area contributed by atoms with Crippen molar-refractivity contribution in [3.63, 3.8) is 0 Å². The highest BCUT2D eigenvalue weighted by molar-refractivity contribution is 6.16. The number of hydrogen-bond donors (Lipinski definition) is 2. The van der Waals surface area contributed by atoms with Crippen molar-refractivity contribution in [3.8, 4) is 5.75 Å². The van der Waals surface area contributed by atoms with E-state index in [4.69, 9.17) is 15.2 Å². The van der Waals surface area contributed by atoms with Gasteiger partial charge in [-0.3, -0.25) is 14.6 Å². The molecule has 0 saturated heterocycles. The van der Waals surface area contributed by atoms with Gasteiger partial charge in [0, 0.05) is 34.1 Å². The minimum Gasteiger partial charge on any atom is -0.465 e. The number of aromatic nitrogens is 2. The van der Waals surface area contributed by atoms with Crippen molar-refractivity contribution in [1.82, 2.24) is 9.97 Å². The summed E-state index contributed by atoms with van der Waals surface area (Å²) in [4.78, 5) is 31.6. The van der Waals surface area contributed by atoms with Crippen LogP contribution in [0.5, 0.6) is 5.75 Å². The molecule has 0 saturated carbocycles. The Morgan fingerprint density at radius 3 is 2.70 bits per heavy atom. The smallest absolute Gasteiger partial charge is 0.323 e. The largest absolute Gasteiger partial charge is 0.465 e. The van der Waals surface area contributed by atoms with E-state index in [2.05, 4.69) is 23.8 Å². The van der Waals surface area contributed by atoms with Gasteiger partial charge in [-0.25, -0.2) is 0 Å². The molecule has 2 aromatic carbocycles. The van der Waals surface area contributed by atoms with Crippen LogP contribution >= 0.6 is 0 Å². The van der Waals surface area contributed by atoms with Gasteiger partial charge in [0.15, 0.2) is 0 Å². The van der Waals surface area contributed by atoms with E-state index in [0.717, 1.165) is 43.7 Å². The average Bonchev–Trinajstić information content (AvgIpc) is 3.11. The molecule has 2 aromatic heterocycles. The van der Waals surface area contributed by atoms with Crippen LogP contribution in [0.4, 0.5) is 0 Å². The number of rotatable bonds is 5. The fourth-order valence-electron chi connectivity index (χ4n) is 3.88. The van der Waals surface area contributed by atoms with E-state index in [1.807, 2.05) is 24.4 Å². The summed E-state index contributed by atoms with van der Waals surface area (Å²) in [7, 11) is 0. The lowest BCUT2D eigenvalue weighted by Gasteiger charge is -2.10. The fourth-order valence-corrected chi connectivity index (χ4v) is 3.88. The van der Waals surface area contributed by atoms with E-state index < -0.39 is 18.0 Å². The summed E-state index contributed by atoms with van der Waals surface area (Å²) in [5.41, 5.74) is 9.96. The first kappa shape index (κ1) is 19.8. The van der Waals surface area contributed by atoms with Gasteiger partial charge in [0.25, 0.3) is 0 Å². The number of hydrogen-bond acceptors (Lipinski definition) is 6. The Kier molecular flexibility index (Phi) is 5.13. The third-order valence-electron chi connectivity index (χ3n) is 5.36. The van der Waals surface area contributed by atoms with E-state index in [-0.39, 0.29) is 13.0 Å². The molecule has 0 aliphatic rings. The number of carbonyl (C=O) groups excluding carboxylic acids is 2. The van der Waals surface area contributed by atoms with Gasteiger partial charge in [0.1, 0.15) is 11.8 Å². The monoisotopic (exact) mass is 405 g/mol. The highest BCUT2D eigenvalue weighted by Crippen LogP contribution is 2.37. The van der Waals surface area contributed by atoms with Gasteiger partial charge in [0.05, 0.1) is 18.5 Å². The highest BCUT2D eigenvalue weighted by atomic mass is 16.5. The molecule has 30 heavy (non-hydrogen) atoms. The molecule has 0 fully saturated rings. The zero-order valence-corrected chi connectivity index (χ0v) is 17.1. The van der Waals surface area contributed by atoms with Crippen LogP contribution in [0, 0.1) is 13.8 Å². The molecular formula is C23H23N3O4. The van der Waals surface area contributed by atoms with Gasteiger partial charge in [0.2, 0.25) is 0 Å². The average molecular weight is 405 g/mol. The number of fused-ring (bicyclic) bond motifs is 4. The molecule has 0 radical (unpaired) electrons. The molecule has 0 aliphatic heterocycles. The van der Waals surface area contributed by atoms with Crippen molar-refractivity contribution in [1.29, 1.82) is 0 Å². The number of nitrogens with zero attached hydrogens (tertiary/aromatic N) is 1. The Hall–Kier alpha value is -3.45. The lowest BCUT2D eigenvalue weighted by Crippen LogP contribution is -2.35. The Morgan fingerprint density at radius 1 is 1.13 bits per heavy atom. The van der Waals surface area contributed by atoms with Gasteiger partial charge < -0.3 is 20.2 Å². The first-order chi connectivity index (χ1) is 14.4. The van der Waals surface area contributed by atoms with Crippen LogP contribution in [0.2, 0.25) is 0 Å². The quantitative estimate of drug-likeness (QED) is 0.387. The third kappa shape index (κ3) is 3.37. The summed E-state index contributed by atoms with van der Waals surface area (Å²) < 4.78 is 10.3. The van der Waals surface area contributed by atoms with Gasteiger partial charge in [-0.2, -0.15) is 0 Å². The van der Waals surface area contributed by atoms with Crippen molar-refractivity contribution >= 4 is 44.5 Å². The number of nitrogens with two attached hydrogens (primary N) is 1. The second-order valence-corrected chi connectivity index (χ2v) is 7.29. The maximum absolute atomic E-state index is 12.2. The van der Waals surface area contributed by atoms with Crippen LogP contribution in [-0.4, -0.2) is 34.6 Å². The molecule has 1 atom stereocenters. The van der Waals surface area contributed by atoms with Crippen LogP contribution in [0.1, 0.15) is 24.5 Å². The third-order valence-corrected chi connectivity index (χ3v) is 5.36. The molecule has 0 unspecified atom stereocenters. The number of pyridine rings is 1. The Labute approximate surface area is 173 Å². The standard InChI is InChI=1S/C23H23N3O4/c1-4-29-23(28)18(24)10-20(27)30-14-5-6-19-16(9-14)21-12(2)17-11-25-8-7-15(17)13(3)22(21)26-19/h5-9,11,18,26H,4,10,24H2,1-3H3/t18-/m0/s1. The van der Waals surface area contributed by atoms with Crippen LogP contribution in [0.25, 0.3) is 32.6 Å². The van der Waals surface area contributed by atoms with E-state index in [1.54, 1.807) is 19.2 Å². The lowest BCUT2D eigenvalue weighted by molar-refractivity contribution is -0.148. The van der Waals surface area contributed by atoms with Crippen LogP contribution in [0.3, 0.4) is 0 Å². The first-order valence-electron chi connectivity index (χ1n) is 9.82. The molecule has 0 spiro atoms. The molecule has 4 aromatic rings. The van der Waals surface area contributed by atoms with Gasteiger partial charge in [-0.1, -0.05) is 0 Å². The summed E-state index contributed by atoms with van der Waals surface area (Å²) in [6.45, 7) is 6.04. The van der Waals surface area contributed by atoms with Crippen molar-refractivity contribution in [2.75, 3.05) is 6.61 Å². The second-order valence-electron chi connectivity index (χ2n) is 7.29. The van der Waals surface area contributed by atoms with E-state index in [1.165, 1.54) is 0 Å². The summed E-state index contributed by atoms with van der Waals surface area (Å²) in [6, 6.07) is 6.40. The maximum atomic E-state index is 12.2. The molecule has 2 heterocycles. The maximum Gasteiger partial charge on any atom is 0.323 e. The SMILES string of the molecule is CCOC(=O)[C@@H](N)CC(=O)Oc1ccc2[nH]c3c(C)c4ccncc4c(C)c3c2c1. The topological polar surface area (TPSA) is 107 Å². The van der Waals surface area contributed by atoms with Crippen molar-refractivity contribution in [2.24, 2.45) is 5.73 Å². The van der Waals surface area contributed by atoms with Crippen LogP contribution < -0.4 is 10.5 Å². The minimum absolute atomic E-state index is 0.210. The van der Waals surface area contributed by atoms with E-state index in [9.17, 15) is 9.59 Å². The molecule has 4 rings (SSSR count). The summed E-state index contributed by atoms with van der Waals surface area (Å²) >= 11 is 0. The molecule has 3 N–H and O–H groups in total. The molecule has 7 heteroatoms. The van der Waals surface area contributed by atoms with Gasteiger partial charge >= 0.3 is 11.9 Å². The molecule has 154 valence electrons. The summed E-state index contributed by atoms with van der Waals surface area (Å²) in [5.74, 6) is -0.807. The summed E-state index contributed by atoms with van der Waals surface area (Å²) in [5, 5.41) is 4.27. The van der Waals surface area contributed by atoms with Crippen LogP contribution in [0.15, 0.2) is 36.7 Å². The van der Waals surface area contributed by atoms with Gasteiger partial charge in [-0.05, 0) is 61.5 Å². The Balaban J connectivity index is 1.71. The zero-order valence-electron chi connectivity index (χ0n) is 17.1. The number of aromatic amines is 1. The Bertz CT molecular complexity index is 1290. The number of aryl methyl sites for hydroxylation is 2. The first-order valence-corrected chi connectivity index (χ1v) is 9.82. The highest BCUT2D eigenvalue weighted by Gasteiger charge is 2.20. The number of benzene rings is 2. The van der Waals surface area contributed by atoms with E-state index >= 15 is 0 Å². The number of esters is 2. The van der Waals surface area contributed by atoms with Gasteiger partial charge in [-0.15, -0.1) is 0 Å². The molecule has 0 aliphatic carbocycles. The lowest BCUT2D eigenvalue weighted by atomic mass is 9.97. The number of H-pyrrole nitrogens is 1. The molecule has 0 bridgehead atoms.